The smallest absolute Gasteiger partial charge is 0.308 e. The van der Waals surface area contributed by atoms with Gasteiger partial charge in [0.15, 0.2) is 0 Å². The second kappa shape index (κ2) is 8.51. The van der Waals surface area contributed by atoms with E-state index in [1.165, 1.54) is 11.8 Å². The number of fused-ring (bicyclic) bond motifs is 1. The lowest BCUT2D eigenvalue weighted by Crippen LogP contribution is -2.31. The number of allylic oxidation sites excluding steroid dienone is 2. The molecule has 1 saturated heterocycles. The Hall–Kier alpha value is -3.99. The van der Waals surface area contributed by atoms with Gasteiger partial charge in [-0.3, -0.25) is 14.4 Å². The molecule has 164 valence electrons. The van der Waals surface area contributed by atoms with Crippen molar-refractivity contribution in [2.45, 2.75) is 18.8 Å². The SMILES string of the molecule is CC(=O)Oc1ccc(N2C(=O)C3C(c4ccccc4)C=CC(c4ccccc4)C3C2=O)cc1. The fraction of sp³-hybridized carbons (Fsp3) is 0.179. The number of carbonyl (C=O) groups is 3. The lowest BCUT2D eigenvalue weighted by atomic mass is 9.68. The molecule has 3 aromatic rings. The summed E-state index contributed by atoms with van der Waals surface area (Å²) < 4.78 is 5.09. The topological polar surface area (TPSA) is 63.7 Å². The van der Waals surface area contributed by atoms with Gasteiger partial charge in [0.05, 0.1) is 17.5 Å². The summed E-state index contributed by atoms with van der Waals surface area (Å²) in [6.07, 6.45) is 4.15. The number of carbonyl (C=O) groups excluding carboxylic acids is 3. The van der Waals surface area contributed by atoms with Crippen LogP contribution in [0.2, 0.25) is 0 Å². The van der Waals surface area contributed by atoms with Gasteiger partial charge in [0.1, 0.15) is 5.75 Å². The zero-order chi connectivity index (χ0) is 22.9. The van der Waals surface area contributed by atoms with Gasteiger partial charge in [-0.1, -0.05) is 72.8 Å². The van der Waals surface area contributed by atoms with Gasteiger partial charge in [0, 0.05) is 18.8 Å². The first-order valence-corrected chi connectivity index (χ1v) is 11.0. The molecule has 1 heterocycles. The monoisotopic (exact) mass is 437 g/mol. The normalized spacial score (nSPS) is 24.0. The minimum atomic E-state index is -0.497. The van der Waals surface area contributed by atoms with Crippen molar-refractivity contribution in [3.63, 3.8) is 0 Å². The van der Waals surface area contributed by atoms with Gasteiger partial charge in [-0.25, -0.2) is 4.90 Å². The summed E-state index contributed by atoms with van der Waals surface area (Å²) in [5.41, 5.74) is 2.51. The number of nitrogens with zero attached hydrogens (tertiary/aromatic N) is 1. The largest absolute Gasteiger partial charge is 0.427 e. The van der Waals surface area contributed by atoms with Crippen LogP contribution in [0.25, 0.3) is 0 Å². The Balaban J connectivity index is 1.56. The van der Waals surface area contributed by atoms with Gasteiger partial charge in [0.25, 0.3) is 0 Å². The molecule has 1 aliphatic carbocycles. The zero-order valence-electron chi connectivity index (χ0n) is 18.1. The van der Waals surface area contributed by atoms with Crippen molar-refractivity contribution in [2.24, 2.45) is 11.8 Å². The Morgan fingerprint density at radius 3 is 1.58 bits per heavy atom. The van der Waals surface area contributed by atoms with E-state index in [0.29, 0.717) is 11.4 Å². The molecule has 33 heavy (non-hydrogen) atoms. The molecule has 5 rings (SSSR count). The second-order valence-corrected chi connectivity index (χ2v) is 8.41. The Morgan fingerprint density at radius 1 is 0.697 bits per heavy atom. The Kier molecular flexibility index (Phi) is 5.38. The summed E-state index contributed by atoms with van der Waals surface area (Å²) in [7, 11) is 0. The average molecular weight is 437 g/mol. The number of imide groups is 1. The molecule has 3 aromatic carbocycles. The van der Waals surface area contributed by atoms with E-state index in [1.54, 1.807) is 24.3 Å². The van der Waals surface area contributed by atoms with Gasteiger partial charge in [-0.2, -0.15) is 0 Å². The Labute approximate surface area is 192 Å². The second-order valence-electron chi connectivity index (χ2n) is 8.41. The molecular formula is C28H23NO4. The molecule has 0 spiro atoms. The fourth-order valence-corrected chi connectivity index (χ4v) is 5.02. The van der Waals surface area contributed by atoms with E-state index in [2.05, 4.69) is 12.2 Å². The molecule has 5 heteroatoms. The molecule has 4 unspecified atom stereocenters. The third-order valence-corrected chi connectivity index (χ3v) is 6.42. The van der Waals surface area contributed by atoms with Crippen molar-refractivity contribution in [1.82, 2.24) is 0 Å². The van der Waals surface area contributed by atoms with Crippen LogP contribution in [0.1, 0.15) is 29.9 Å². The first-order chi connectivity index (χ1) is 16.0. The molecule has 0 radical (unpaired) electrons. The molecule has 0 aromatic heterocycles. The lowest BCUT2D eigenvalue weighted by Gasteiger charge is -2.32. The maximum atomic E-state index is 13.8. The zero-order valence-corrected chi connectivity index (χ0v) is 18.1. The highest BCUT2D eigenvalue weighted by Crippen LogP contribution is 2.50. The molecule has 2 amide bonds. The standard InChI is InChI=1S/C28H23NO4/c1-18(30)33-22-14-12-21(13-15-22)29-27(31)25-23(19-8-4-2-5-9-19)16-17-24(26(25)28(29)32)20-10-6-3-7-11-20/h2-17,23-26H,1H3. The maximum Gasteiger partial charge on any atom is 0.308 e. The summed E-state index contributed by atoms with van der Waals surface area (Å²) in [4.78, 5) is 40.0. The van der Waals surface area contributed by atoms with E-state index in [-0.39, 0.29) is 23.7 Å². The molecular weight excluding hydrogens is 414 g/mol. The summed E-state index contributed by atoms with van der Waals surface area (Å²) in [5, 5.41) is 0. The Morgan fingerprint density at radius 2 is 1.15 bits per heavy atom. The van der Waals surface area contributed by atoms with Crippen LogP contribution in [0.3, 0.4) is 0 Å². The van der Waals surface area contributed by atoms with Crippen molar-refractivity contribution in [1.29, 1.82) is 0 Å². The number of amides is 2. The third kappa shape index (κ3) is 3.76. The maximum absolute atomic E-state index is 13.8. The van der Waals surface area contributed by atoms with Crippen molar-refractivity contribution in [2.75, 3.05) is 4.90 Å². The Bertz CT molecular complexity index is 1150. The van der Waals surface area contributed by atoms with E-state index >= 15 is 0 Å². The molecule has 1 fully saturated rings. The molecule has 0 bridgehead atoms. The van der Waals surface area contributed by atoms with Crippen LogP contribution in [0.5, 0.6) is 5.75 Å². The fourth-order valence-electron chi connectivity index (χ4n) is 5.02. The first-order valence-electron chi connectivity index (χ1n) is 11.0. The molecule has 0 saturated carbocycles. The van der Waals surface area contributed by atoms with Crippen LogP contribution in [0, 0.1) is 11.8 Å². The minimum absolute atomic E-state index is 0.182. The van der Waals surface area contributed by atoms with Crippen LogP contribution >= 0.6 is 0 Å². The van der Waals surface area contributed by atoms with Gasteiger partial charge in [0.2, 0.25) is 11.8 Å². The summed E-state index contributed by atoms with van der Waals surface area (Å²) in [6, 6.07) is 26.2. The van der Waals surface area contributed by atoms with Crippen LogP contribution < -0.4 is 9.64 Å². The van der Waals surface area contributed by atoms with Crippen molar-refractivity contribution >= 4 is 23.5 Å². The van der Waals surface area contributed by atoms with Crippen LogP contribution in [0.4, 0.5) is 5.69 Å². The lowest BCUT2D eigenvalue weighted by molar-refractivity contribution is -0.132. The van der Waals surface area contributed by atoms with E-state index in [0.717, 1.165) is 11.1 Å². The van der Waals surface area contributed by atoms with Crippen LogP contribution in [-0.4, -0.2) is 17.8 Å². The molecule has 0 N–H and O–H groups in total. The van der Waals surface area contributed by atoms with Gasteiger partial charge < -0.3 is 4.74 Å². The predicted molar refractivity (Wildman–Crippen MR) is 125 cm³/mol. The van der Waals surface area contributed by atoms with E-state index in [1.807, 2.05) is 60.7 Å². The van der Waals surface area contributed by atoms with Crippen LogP contribution in [-0.2, 0) is 14.4 Å². The van der Waals surface area contributed by atoms with Crippen LogP contribution in [0.15, 0.2) is 97.1 Å². The van der Waals surface area contributed by atoms with Gasteiger partial charge >= 0.3 is 5.97 Å². The number of esters is 1. The quantitative estimate of drug-likeness (QED) is 0.253. The number of benzene rings is 3. The van der Waals surface area contributed by atoms with Crippen molar-refractivity contribution < 1.29 is 19.1 Å². The van der Waals surface area contributed by atoms with Gasteiger partial charge in [-0.15, -0.1) is 0 Å². The predicted octanol–water partition coefficient (Wildman–Crippen LogP) is 4.85. The first kappa shape index (κ1) is 20.9. The van der Waals surface area contributed by atoms with Gasteiger partial charge in [-0.05, 0) is 35.4 Å². The van der Waals surface area contributed by atoms with E-state index in [4.69, 9.17) is 4.74 Å². The average Bonchev–Trinajstić information content (AvgIpc) is 3.10. The molecule has 2 aliphatic rings. The van der Waals surface area contributed by atoms with Crippen molar-refractivity contribution in [3.8, 4) is 5.75 Å². The summed E-state index contributed by atoms with van der Waals surface area (Å²) >= 11 is 0. The summed E-state index contributed by atoms with van der Waals surface area (Å²) in [6.45, 7) is 1.33. The van der Waals surface area contributed by atoms with E-state index < -0.39 is 17.8 Å². The summed E-state index contributed by atoms with van der Waals surface area (Å²) in [5.74, 6) is -1.82. The molecule has 1 aliphatic heterocycles. The highest BCUT2D eigenvalue weighted by atomic mass is 16.5. The number of rotatable bonds is 4. The van der Waals surface area contributed by atoms with Crippen molar-refractivity contribution in [3.05, 3.63) is 108 Å². The third-order valence-electron chi connectivity index (χ3n) is 6.42. The molecule has 4 atom stereocenters. The number of anilines is 1. The molecule has 5 nitrogen and oxygen atoms in total. The minimum Gasteiger partial charge on any atom is -0.427 e. The number of hydrogen-bond donors (Lipinski definition) is 0. The highest BCUT2D eigenvalue weighted by molar-refractivity contribution is 6.23. The highest BCUT2D eigenvalue weighted by Gasteiger charge is 2.55. The number of ether oxygens (including phenoxy) is 1. The number of hydrogen-bond acceptors (Lipinski definition) is 4. The van der Waals surface area contributed by atoms with E-state index in [9.17, 15) is 14.4 Å².